The lowest BCUT2D eigenvalue weighted by Crippen LogP contribution is -2.22. The molecule has 0 atom stereocenters. The maximum absolute atomic E-state index is 5.78. The molecule has 2 N–H and O–H groups in total. The number of aryl methyl sites for hydroxylation is 1. The van der Waals surface area contributed by atoms with Crippen molar-refractivity contribution < 1.29 is 4.74 Å². The highest BCUT2D eigenvalue weighted by Gasteiger charge is 2.11. The first kappa shape index (κ1) is 15.3. The van der Waals surface area contributed by atoms with E-state index in [1.165, 1.54) is 0 Å². The molecule has 2 rings (SSSR count). The summed E-state index contributed by atoms with van der Waals surface area (Å²) in [5.74, 6) is 0.813. The van der Waals surface area contributed by atoms with Crippen molar-refractivity contribution in [3.63, 3.8) is 0 Å². The van der Waals surface area contributed by atoms with E-state index >= 15 is 0 Å². The Morgan fingerprint density at radius 3 is 2.71 bits per heavy atom. The van der Waals surface area contributed by atoms with Gasteiger partial charge in [0.1, 0.15) is 10.7 Å². The van der Waals surface area contributed by atoms with Gasteiger partial charge in [0.15, 0.2) is 0 Å². The predicted octanol–water partition coefficient (Wildman–Crippen LogP) is 2.67. The summed E-state index contributed by atoms with van der Waals surface area (Å²) < 4.78 is 5.29. The highest BCUT2D eigenvalue weighted by atomic mass is 32.1. The van der Waals surface area contributed by atoms with Crippen LogP contribution >= 0.6 is 12.2 Å². The zero-order valence-corrected chi connectivity index (χ0v) is 13.3. The highest BCUT2D eigenvalue weighted by Crippen LogP contribution is 2.22. The smallest absolute Gasteiger partial charge is 0.122 e. The number of thiocarbonyl (C=S) groups is 1. The number of nitrogens with two attached hydrogens (primary N) is 1. The predicted molar refractivity (Wildman–Crippen MR) is 90.0 cm³/mol. The van der Waals surface area contributed by atoms with E-state index in [4.69, 9.17) is 22.7 Å². The van der Waals surface area contributed by atoms with E-state index in [1.54, 1.807) is 7.11 Å². The lowest BCUT2D eigenvalue weighted by Gasteiger charge is -2.22. The summed E-state index contributed by atoms with van der Waals surface area (Å²) in [4.78, 5) is 7.01. The van der Waals surface area contributed by atoms with Gasteiger partial charge in [-0.2, -0.15) is 0 Å². The van der Waals surface area contributed by atoms with Gasteiger partial charge in [-0.25, -0.2) is 0 Å². The number of ether oxygens (including phenoxy) is 1. The number of nitrogens with zero attached hydrogens (tertiary/aromatic N) is 2. The quantitative estimate of drug-likeness (QED) is 0.861. The van der Waals surface area contributed by atoms with Crippen molar-refractivity contribution in [2.45, 2.75) is 13.5 Å². The molecule has 2 aromatic rings. The number of benzene rings is 1. The van der Waals surface area contributed by atoms with Crippen molar-refractivity contribution in [3.8, 4) is 5.75 Å². The summed E-state index contributed by atoms with van der Waals surface area (Å²) in [6.45, 7) is 2.60. The number of hydrogen-bond donors (Lipinski definition) is 1. The van der Waals surface area contributed by atoms with E-state index in [9.17, 15) is 0 Å². The van der Waals surface area contributed by atoms with Crippen molar-refractivity contribution in [1.29, 1.82) is 0 Å². The number of aromatic nitrogens is 1. The van der Waals surface area contributed by atoms with Gasteiger partial charge in [0.05, 0.1) is 19.3 Å². The molecule has 0 fully saturated rings. The zero-order chi connectivity index (χ0) is 15.4. The first-order valence-electron chi connectivity index (χ1n) is 6.63. The van der Waals surface area contributed by atoms with E-state index in [0.717, 1.165) is 28.4 Å². The molecule has 0 aliphatic rings. The zero-order valence-electron chi connectivity index (χ0n) is 12.5. The maximum atomic E-state index is 5.78. The Bertz CT molecular complexity index is 658. The summed E-state index contributed by atoms with van der Waals surface area (Å²) in [5, 5.41) is 0. The van der Waals surface area contributed by atoms with Gasteiger partial charge < -0.3 is 15.4 Å². The fourth-order valence-corrected chi connectivity index (χ4v) is 2.42. The third-order valence-corrected chi connectivity index (χ3v) is 3.42. The minimum Gasteiger partial charge on any atom is -0.497 e. The largest absolute Gasteiger partial charge is 0.497 e. The summed E-state index contributed by atoms with van der Waals surface area (Å²) in [6.07, 6.45) is 0. The Balaban J connectivity index is 2.28. The Morgan fingerprint density at radius 1 is 1.33 bits per heavy atom. The van der Waals surface area contributed by atoms with Gasteiger partial charge in [0.25, 0.3) is 0 Å². The van der Waals surface area contributed by atoms with Crippen LogP contribution in [0.2, 0.25) is 0 Å². The van der Waals surface area contributed by atoms with Crippen LogP contribution in [0.25, 0.3) is 0 Å². The number of rotatable bonds is 5. The van der Waals surface area contributed by atoms with Gasteiger partial charge in [0.2, 0.25) is 0 Å². The summed E-state index contributed by atoms with van der Waals surface area (Å²) in [6, 6.07) is 11.7. The van der Waals surface area contributed by atoms with Crippen LogP contribution in [0.5, 0.6) is 5.75 Å². The molecule has 1 aromatic carbocycles. The first-order valence-corrected chi connectivity index (χ1v) is 7.03. The van der Waals surface area contributed by atoms with E-state index in [-0.39, 0.29) is 0 Å². The average molecular weight is 301 g/mol. The second kappa shape index (κ2) is 6.54. The molecule has 21 heavy (non-hydrogen) atoms. The summed E-state index contributed by atoms with van der Waals surface area (Å²) in [5.41, 5.74) is 9.52. The van der Waals surface area contributed by atoms with Gasteiger partial charge in [-0.3, -0.25) is 4.98 Å². The second-order valence-corrected chi connectivity index (χ2v) is 5.32. The topological polar surface area (TPSA) is 51.4 Å². The van der Waals surface area contributed by atoms with Crippen molar-refractivity contribution >= 4 is 22.9 Å². The normalized spacial score (nSPS) is 10.2. The molecular formula is C16H19N3OS. The Hall–Kier alpha value is -2.14. The maximum Gasteiger partial charge on any atom is 0.122 e. The minimum absolute atomic E-state index is 0.396. The number of para-hydroxylation sites is 1. The molecular weight excluding hydrogens is 282 g/mol. The number of anilines is 1. The van der Waals surface area contributed by atoms with Crippen LogP contribution in [-0.2, 0) is 6.54 Å². The molecule has 4 nitrogen and oxygen atoms in total. The monoisotopic (exact) mass is 301 g/mol. The van der Waals surface area contributed by atoms with Crippen LogP contribution in [0.1, 0.15) is 17.0 Å². The van der Waals surface area contributed by atoms with E-state index in [1.807, 2.05) is 50.4 Å². The van der Waals surface area contributed by atoms with Crippen LogP contribution in [0.3, 0.4) is 0 Å². The second-order valence-electron chi connectivity index (χ2n) is 4.88. The fraction of sp³-hybridized carbons (Fsp3) is 0.250. The molecule has 0 saturated carbocycles. The molecule has 0 amide bonds. The van der Waals surface area contributed by atoms with Gasteiger partial charge in [0, 0.05) is 36.1 Å². The van der Waals surface area contributed by atoms with Gasteiger partial charge in [-0.1, -0.05) is 24.4 Å². The highest BCUT2D eigenvalue weighted by molar-refractivity contribution is 7.80. The molecule has 110 valence electrons. The molecule has 0 saturated heterocycles. The van der Waals surface area contributed by atoms with Gasteiger partial charge in [-0.15, -0.1) is 0 Å². The third kappa shape index (κ3) is 3.70. The van der Waals surface area contributed by atoms with Crippen molar-refractivity contribution in [1.82, 2.24) is 4.98 Å². The van der Waals surface area contributed by atoms with Crippen LogP contribution < -0.4 is 15.4 Å². The minimum atomic E-state index is 0.396. The van der Waals surface area contributed by atoms with E-state index in [0.29, 0.717) is 11.5 Å². The standard InChI is InChI=1S/C16H19N3OS/c1-11-8-13(20-3)9-12(18-11)10-19(2)15-7-5-4-6-14(15)16(17)21/h4-9H,10H2,1-3H3,(H2,17,21). The van der Waals surface area contributed by atoms with Gasteiger partial charge >= 0.3 is 0 Å². The Kier molecular flexibility index (Phi) is 4.75. The molecule has 0 aliphatic carbocycles. The van der Waals surface area contributed by atoms with Crippen LogP contribution in [0.15, 0.2) is 36.4 Å². The summed E-state index contributed by atoms with van der Waals surface area (Å²) in [7, 11) is 3.65. The molecule has 0 radical (unpaired) electrons. The van der Waals surface area contributed by atoms with Gasteiger partial charge in [-0.05, 0) is 19.1 Å². The lowest BCUT2D eigenvalue weighted by atomic mass is 10.1. The van der Waals surface area contributed by atoms with Crippen LogP contribution in [0, 0.1) is 6.92 Å². The van der Waals surface area contributed by atoms with Crippen LogP contribution in [-0.4, -0.2) is 24.1 Å². The molecule has 5 heteroatoms. The Morgan fingerprint density at radius 2 is 2.05 bits per heavy atom. The molecule has 1 aromatic heterocycles. The SMILES string of the molecule is COc1cc(C)nc(CN(C)c2ccccc2C(N)=S)c1. The Labute approximate surface area is 130 Å². The third-order valence-electron chi connectivity index (χ3n) is 3.20. The molecule has 1 heterocycles. The van der Waals surface area contributed by atoms with E-state index in [2.05, 4.69) is 9.88 Å². The van der Waals surface area contributed by atoms with Crippen molar-refractivity contribution in [2.24, 2.45) is 5.73 Å². The van der Waals surface area contributed by atoms with Crippen molar-refractivity contribution in [3.05, 3.63) is 53.3 Å². The molecule has 0 spiro atoms. The number of methoxy groups -OCH3 is 1. The number of pyridine rings is 1. The molecule has 0 unspecified atom stereocenters. The first-order chi connectivity index (χ1) is 10.0. The summed E-state index contributed by atoms with van der Waals surface area (Å²) >= 11 is 5.11. The fourth-order valence-electron chi connectivity index (χ4n) is 2.24. The lowest BCUT2D eigenvalue weighted by molar-refractivity contribution is 0.413. The van der Waals surface area contributed by atoms with E-state index < -0.39 is 0 Å². The average Bonchev–Trinajstić information content (AvgIpc) is 2.46. The molecule has 0 aliphatic heterocycles. The van der Waals surface area contributed by atoms with Crippen LogP contribution in [0.4, 0.5) is 5.69 Å². The molecule has 0 bridgehead atoms. The number of hydrogen-bond acceptors (Lipinski definition) is 4. The van der Waals surface area contributed by atoms with Crippen molar-refractivity contribution in [2.75, 3.05) is 19.1 Å².